The second-order valence-electron chi connectivity index (χ2n) is 8.34. The Kier molecular flexibility index (Phi) is 7.56. The van der Waals surface area contributed by atoms with E-state index in [4.69, 9.17) is 0 Å². The van der Waals surface area contributed by atoms with Crippen molar-refractivity contribution in [3.05, 3.63) is 61.2 Å². The maximum absolute atomic E-state index is 14.4. The number of rotatable bonds is 9. The molecule has 1 aliphatic heterocycles. The number of ketones is 2. The van der Waals surface area contributed by atoms with Crippen molar-refractivity contribution in [2.24, 2.45) is 4.99 Å². The fourth-order valence-electron chi connectivity index (χ4n) is 4.16. The highest BCUT2D eigenvalue weighted by atomic mass is 19.1. The molecule has 4 heterocycles. The van der Waals surface area contributed by atoms with Crippen molar-refractivity contribution in [3.63, 3.8) is 0 Å². The lowest BCUT2D eigenvalue weighted by atomic mass is 10.0. The number of pyridine rings is 1. The second-order valence-corrected chi connectivity index (χ2v) is 8.34. The second kappa shape index (κ2) is 11.0. The molecule has 0 radical (unpaired) electrons. The van der Waals surface area contributed by atoms with E-state index in [1.807, 2.05) is 0 Å². The summed E-state index contributed by atoms with van der Waals surface area (Å²) < 4.78 is 15.7. The summed E-state index contributed by atoms with van der Waals surface area (Å²) in [6.45, 7) is 6.06. The summed E-state index contributed by atoms with van der Waals surface area (Å²) in [7, 11) is 0. The average Bonchev–Trinajstić information content (AvgIpc) is 3.44. The summed E-state index contributed by atoms with van der Waals surface area (Å²) in [5.41, 5.74) is 0.674. The number of aromatic nitrogens is 5. The normalized spacial score (nSPS) is 17.9. The Morgan fingerprint density at radius 3 is 2.81 bits per heavy atom. The van der Waals surface area contributed by atoms with E-state index >= 15 is 0 Å². The molecule has 1 N–H and O–H groups in total. The summed E-state index contributed by atoms with van der Waals surface area (Å²) in [6.07, 6.45) is 5.88. The number of Topliss-reactive ketones (excluding diaryl/α,β-unsaturated/α-hetero) is 2. The van der Waals surface area contributed by atoms with Crippen molar-refractivity contribution in [1.82, 2.24) is 29.9 Å². The first-order valence-electron chi connectivity index (χ1n) is 11.5. The Labute approximate surface area is 211 Å². The summed E-state index contributed by atoms with van der Waals surface area (Å²) in [5, 5.41) is 15.6. The Morgan fingerprint density at radius 2 is 2.14 bits per heavy atom. The SMILES string of the molecule is C=C/N=C(\C=C/C)C(=O)[C@@H]1C[C@@H](F)CN1C(=O)Cn1nc(C(C)=O)c2cc(Nc3cccnn3)ncc21. The number of likely N-dealkylation sites (tertiary alicyclic amines) is 1. The van der Waals surface area contributed by atoms with Crippen molar-refractivity contribution in [3.8, 4) is 0 Å². The van der Waals surface area contributed by atoms with Crippen LogP contribution < -0.4 is 5.32 Å². The van der Waals surface area contributed by atoms with Gasteiger partial charge in [0.05, 0.1) is 24.3 Å². The molecular weight excluding hydrogens is 479 g/mol. The lowest BCUT2D eigenvalue weighted by Gasteiger charge is -2.23. The molecule has 1 amide bonds. The number of hydrogen-bond acceptors (Lipinski definition) is 9. The summed E-state index contributed by atoms with van der Waals surface area (Å²) in [4.78, 5) is 48.1. The van der Waals surface area contributed by atoms with Crippen LogP contribution in [0.5, 0.6) is 0 Å². The van der Waals surface area contributed by atoms with Crippen LogP contribution >= 0.6 is 0 Å². The van der Waals surface area contributed by atoms with Gasteiger partial charge in [-0.1, -0.05) is 12.7 Å². The van der Waals surface area contributed by atoms with E-state index in [-0.39, 0.29) is 36.7 Å². The zero-order chi connectivity index (χ0) is 26.5. The van der Waals surface area contributed by atoms with Gasteiger partial charge < -0.3 is 10.2 Å². The van der Waals surface area contributed by atoms with E-state index in [2.05, 4.69) is 37.2 Å². The van der Waals surface area contributed by atoms with Gasteiger partial charge in [-0.05, 0) is 31.2 Å². The lowest BCUT2D eigenvalue weighted by Crippen LogP contribution is -2.44. The monoisotopic (exact) mass is 504 g/mol. The zero-order valence-electron chi connectivity index (χ0n) is 20.3. The van der Waals surface area contributed by atoms with Crippen LogP contribution in [0.25, 0.3) is 10.9 Å². The maximum Gasteiger partial charge on any atom is 0.245 e. The van der Waals surface area contributed by atoms with Crippen LogP contribution in [0, 0.1) is 0 Å². The van der Waals surface area contributed by atoms with Gasteiger partial charge in [-0.25, -0.2) is 9.37 Å². The number of anilines is 2. The topological polar surface area (TPSA) is 135 Å². The van der Waals surface area contributed by atoms with Crippen LogP contribution in [0.2, 0.25) is 0 Å². The van der Waals surface area contributed by atoms with Crippen LogP contribution in [0.15, 0.2) is 60.5 Å². The minimum atomic E-state index is -1.35. The molecule has 0 saturated carbocycles. The fraction of sp³-hybridized carbons (Fsp3) is 0.280. The third-order valence-corrected chi connectivity index (χ3v) is 5.76. The molecule has 0 spiro atoms. The van der Waals surface area contributed by atoms with Gasteiger partial charge >= 0.3 is 0 Å². The molecule has 4 rings (SSSR count). The summed E-state index contributed by atoms with van der Waals surface area (Å²) in [6, 6.07) is 4.04. The number of aliphatic imine (C=N–C) groups is 1. The van der Waals surface area contributed by atoms with Gasteiger partial charge in [0.1, 0.15) is 29.9 Å². The predicted octanol–water partition coefficient (Wildman–Crippen LogP) is 2.84. The number of allylic oxidation sites excluding steroid dienone is 2. The molecule has 0 aromatic carbocycles. The number of hydrogen-bond donors (Lipinski definition) is 1. The van der Waals surface area contributed by atoms with E-state index in [0.717, 1.165) is 0 Å². The standard InChI is InChI=1S/C25H25FN8O3/c1-4-7-18(27-5-2)25(37)19-10-16(26)13-33(19)23(36)14-34-20-12-28-22(30-21-8-6-9-29-31-21)11-17(20)24(32-34)15(3)35/h4-9,11-12,16,19H,2,10,13-14H2,1,3H3,(H,28,30,31)/b7-4-,27-18+/t16-,19+/m1/s1. The van der Waals surface area contributed by atoms with Crippen LogP contribution in [0.4, 0.5) is 16.0 Å². The number of carbonyl (C=O) groups is 3. The molecule has 12 heteroatoms. The van der Waals surface area contributed by atoms with Gasteiger partial charge in [-0.15, -0.1) is 5.10 Å². The van der Waals surface area contributed by atoms with Crippen molar-refractivity contribution >= 4 is 45.7 Å². The summed E-state index contributed by atoms with van der Waals surface area (Å²) >= 11 is 0. The van der Waals surface area contributed by atoms with E-state index < -0.39 is 23.9 Å². The molecule has 1 fully saturated rings. The molecule has 3 aromatic rings. The van der Waals surface area contributed by atoms with E-state index in [0.29, 0.717) is 22.5 Å². The van der Waals surface area contributed by atoms with Gasteiger partial charge in [0.25, 0.3) is 0 Å². The highest BCUT2D eigenvalue weighted by Gasteiger charge is 2.41. The Hall–Kier alpha value is -4.61. The molecule has 0 unspecified atom stereocenters. The highest BCUT2D eigenvalue weighted by molar-refractivity contribution is 6.46. The number of amides is 1. The van der Waals surface area contributed by atoms with Crippen molar-refractivity contribution < 1.29 is 18.8 Å². The molecular formula is C25H25FN8O3. The Bertz CT molecular complexity index is 1420. The predicted molar refractivity (Wildman–Crippen MR) is 135 cm³/mol. The minimum Gasteiger partial charge on any atom is -0.328 e. The lowest BCUT2D eigenvalue weighted by molar-refractivity contribution is -0.136. The molecule has 11 nitrogen and oxygen atoms in total. The molecule has 1 saturated heterocycles. The zero-order valence-corrected chi connectivity index (χ0v) is 20.3. The van der Waals surface area contributed by atoms with Gasteiger partial charge in [0, 0.05) is 31.1 Å². The first-order valence-corrected chi connectivity index (χ1v) is 11.5. The third kappa shape index (κ3) is 5.47. The van der Waals surface area contributed by atoms with E-state index in [1.165, 1.54) is 41.2 Å². The number of carbonyl (C=O) groups excluding carboxylic acids is 3. The molecule has 1 aliphatic rings. The Morgan fingerprint density at radius 1 is 1.32 bits per heavy atom. The third-order valence-electron chi connectivity index (χ3n) is 5.76. The largest absolute Gasteiger partial charge is 0.328 e. The average molecular weight is 505 g/mol. The molecule has 0 aliphatic carbocycles. The smallest absolute Gasteiger partial charge is 0.245 e. The van der Waals surface area contributed by atoms with Crippen LogP contribution in [0.3, 0.4) is 0 Å². The van der Waals surface area contributed by atoms with Crippen molar-refractivity contribution in [2.75, 3.05) is 11.9 Å². The van der Waals surface area contributed by atoms with Gasteiger partial charge in [-0.2, -0.15) is 10.2 Å². The Balaban J connectivity index is 1.62. The first-order chi connectivity index (χ1) is 17.8. The molecule has 0 bridgehead atoms. The highest BCUT2D eigenvalue weighted by Crippen LogP contribution is 2.25. The first kappa shape index (κ1) is 25.5. The fourth-order valence-corrected chi connectivity index (χ4v) is 4.16. The van der Waals surface area contributed by atoms with Crippen molar-refractivity contribution in [1.29, 1.82) is 0 Å². The van der Waals surface area contributed by atoms with Crippen LogP contribution in [-0.2, 0) is 16.1 Å². The molecule has 2 atom stereocenters. The number of fused-ring (bicyclic) bond motifs is 1. The van der Waals surface area contributed by atoms with Crippen LogP contribution in [0.1, 0.15) is 30.8 Å². The van der Waals surface area contributed by atoms with E-state index in [9.17, 15) is 18.8 Å². The molecule has 3 aromatic heterocycles. The van der Waals surface area contributed by atoms with Gasteiger partial charge in [-0.3, -0.25) is 24.1 Å². The number of nitrogens with one attached hydrogen (secondary N) is 1. The number of alkyl halides is 1. The van der Waals surface area contributed by atoms with Gasteiger partial charge in [0.2, 0.25) is 11.7 Å². The number of nitrogens with zero attached hydrogens (tertiary/aromatic N) is 7. The minimum absolute atomic E-state index is 0.0881. The number of halogens is 1. The maximum atomic E-state index is 14.4. The quantitative estimate of drug-likeness (QED) is 0.347. The van der Waals surface area contributed by atoms with Crippen LogP contribution in [-0.4, -0.2) is 71.8 Å². The van der Waals surface area contributed by atoms with Gasteiger partial charge in [0.15, 0.2) is 11.6 Å². The van der Waals surface area contributed by atoms with E-state index in [1.54, 1.807) is 31.2 Å². The molecule has 190 valence electrons. The molecule has 37 heavy (non-hydrogen) atoms. The summed E-state index contributed by atoms with van der Waals surface area (Å²) in [5.74, 6) is -0.419. The van der Waals surface area contributed by atoms with Crippen molar-refractivity contribution in [2.45, 2.75) is 39.0 Å².